The van der Waals surface area contributed by atoms with Crippen molar-refractivity contribution in [3.63, 3.8) is 0 Å². The van der Waals surface area contributed by atoms with E-state index in [0.717, 1.165) is 51.4 Å². The van der Waals surface area contributed by atoms with Crippen molar-refractivity contribution in [1.82, 2.24) is 5.32 Å². The van der Waals surface area contributed by atoms with Gasteiger partial charge in [-0.2, -0.15) is 0 Å². The van der Waals surface area contributed by atoms with E-state index in [4.69, 9.17) is 4.74 Å². The molecule has 0 aliphatic heterocycles. The third kappa shape index (κ3) is 65.2. The first-order valence-electron chi connectivity index (χ1n) is 36.3. The molecule has 0 rings (SSSR count). The summed E-state index contributed by atoms with van der Waals surface area (Å²) < 4.78 is 5.51. The maximum atomic E-state index is 12.5. The predicted molar refractivity (Wildman–Crippen MR) is 352 cm³/mol. The summed E-state index contributed by atoms with van der Waals surface area (Å²) in [6, 6.07) is -0.625. The molecule has 0 bridgehead atoms. The summed E-state index contributed by atoms with van der Waals surface area (Å²) in [6.07, 6.45) is 89.5. The molecule has 0 heterocycles. The van der Waals surface area contributed by atoms with Crippen LogP contribution in [-0.2, 0) is 14.3 Å². The molecule has 0 aromatic carbocycles. The number of amides is 1. The molecule has 80 heavy (non-hydrogen) atoms. The topological polar surface area (TPSA) is 95.9 Å². The highest BCUT2D eigenvalue weighted by molar-refractivity contribution is 5.76. The summed E-state index contributed by atoms with van der Waals surface area (Å²) in [7, 11) is 0. The predicted octanol–water partition coefficient (Wildman–Crippen LogP) is 23.5. The van der Waals surface area contributed by atoms with Crippen LogP contribution in [0.4, 0.5) is 0 Å². The zero-order valence-corrected chi connectivity index (χ0v) is 54.1. The van der Waals surface area contributed by atoms with E-state index in [2.05, 4.69) is 43.5 Å². The molecule has 0 aliphatic rings. The standard InChI is InChI=1S/C74H141NO5/c1-3-5-7-9-11-13-15-17-19-21-36-40-44-48-52-56-60-64-68-74(79)80-69-65-61-57-53-49-45-41-37-34-32-30-28-26-24-22-23-25-27-29-31-33-35-39-43-47-51-55-59-63-67-73(78)75-71(70-76)72(77)66-62-58-54-50-46-42-38-20-18-16-14-12-10-8-6-4-2/h13,15,19,21,62,66,71-72,76-77H,3-12,14,16-18,20,22-61,63-65,67-70H2,1-2H3,(H,75,78)/b15-13-,21-19-,66-62+. The molecule has 3 N–H and O–H groups in total. The lowest BCUT2D eigenvalue weighted by molar-refractivity contribution is -0.143. The van der Waals surface area contributed by atoms with Crippen molar-refractivity contribution in [3.8, 4) is 0 Å². The van der Waals surface area contributed by atoms with Gasteiger partial charge in [-0.1, -0.05) is 359 Å². The summed E-state index contributed by atoms with van der Waals surface area (Å²) in [5, 5.41) is 23.2. The molecule has 0 radical (unpaired) electrons. The van der Waals surface area contributed by atoms with Crippen LogP contribution in [0, 0.1) is 0 Å². The van der Waals surface area contributed by atoms with Gasteiger partial charge in [0, 0.05) is 12.8 Å². The lowest BCUT2D eigenvalue weighted by Crippen LogP contribution is -2.45. The van der Waals surface area contributed by atoms with Gasteiger partial charge in [0.15, 0.2) is 0 Å². The van der Waals surface area contributed by atoms with Crippen LogP contribution < -0.4 is 5.32 Å². The number of hydrogen-bond acceptors (Lipinski definition) is 5. The van der Waals surface area contributed by atoms with Gasteiger partial charge in [0.2, 0.25) is 5.91 Å². The van der Waals surface area contributed by atoms with Crippen LogP contribution in [0.15, 0.2) is 36.5 Å². The van der Waals surface area contributed by atoms with Crippen molar-refractivity contribution in [2.24, 2.45) is 0 Å². The molecule has 2 unspecified atom stereocenters. The van der Waals surface area contributed by atoms with E-state index in [1.54, 1.807) is 6.08 Å². The number of allylic oxidation sites excluding steroid dienone is 5. The van der Waals surface area contributed by atoms with Crippen LogP contribution in [0.2, 0.25) is 0 Å². The van der Waals surface area contributed by atoms with Crippen LogP contribution in [0.1, 0.15) is 399 Å². The van der Waals surface area contributed by atoms with Gasteiger partial charge in [0.1, 0.15) is 0 Å². The fourth-order valence-electron chi connectivity index (χ4n) is 11.4. The number of unbranched alkanes of at least 4 members (excludes halogenated alkanes) is 53. The highest BCUT2D eigenvalue weighted by Gasteiger charge is 2.18. The average Bonchev–Trinajstić information content (AvgIpc) is 3.46. The second-order valence-electron chi connectivity index (χ2n) is 24.9. The molecular weight excluding hydrogens is 983 g/mol. The highest BCUT2D eigenvalue weighted by atomic mass is 16.5. The molecule has 0 fully saturated rings. The molecule has 1 amide bonds. The van der Waals surface area contributed by atoms with Crippen molar-refractivity contribution in [2.45, 2.75) is 411 Å². The summed E-state index contributed by atoms with van der Waals surface area (Å²) in [4.78, 5) is 24.6. The Labute approximate surface area is 500 Å². The number of hydrogen-bond donors (Lipinski definition) is 3. The van der Waals surface area contributed by atoms with Crippen LogP contribution >= 0.6 is 0 Å². The van der Waals surface area contributed by atoms with Gasteiger partial charge >= 0.3 is 5.97 Å². The van der Waals surface area contributed by atoms with E-state index < -0.39 is 12.1 Å². The Balaban J connectivity index is 3.35. The molecular formula is C74H141NO5. The van der Waals surface area contributed by atoms with Crippen molar-refractivity contribution in [2.75, 3.05) is 13.2 Å². The first-order valence-corrected chi connectivity index (χ1v) is 36.3. The third-order valence-corrected chi connectivity index (χ3v) is 16.9. The Morgan fingerprint density at radius 1 is 0.350 bits per heavy atom. The van der Waals surface area contributed by atoms with E-state index in [1.165, 1.54) is 321 Å². The smallest absolute Gasteiger partial charge is 0.305 e. The lowest BCUT2D eigenvalue weighted by atomic mass is 10.0. The Kier molecular flexibility index (Phi) is 67.9. The molecule has 0 saturated heterocycles. The Hall–Kier alpha value is -1.92. The minimum absolute atomic E-state index is 0.0123. The van der Waals surface area contributed by atoms with Crippen LogP contribution in [0.25, 0.3) is 0 Å². The van der Waals surface area contributed by atoms with Crippen molar-refractivity contribution >= 4 is 11.9 Å². The van der Waals surface area contributed by atoms with Gasteiger partial charge in [-0.25, -0.2) is 0 Å². The summed E-state index contributed by atoms with van der Waals surface area (Å²) in [5.41, 5.74) is 0. The summed E-state index contributed by atoms with van der Waals surface area (Å²) >= 11 is 0. The van der Waals surface area contributed by atoms with E-state index in [9.17, 15) is 19.8 Å². The fourth-order valence-corrected chi connectivity index (χ4v) is 11.4. The number of carbonyl (C=O) groups is 2. The summed E-state index contributed by atoms with van der Waals surface area (Å²) in [6.45, 7) is 4.92. The minimum atomic E-state index is -0.842. The zero-order chi connectivity index (χ0) is 57.8. The van der Waals surface area contributed by atoms with Gasteiger partial charge < -0.3 is 20.3 Å². The first kappa shape index (κ1) is 78.1. The molecule has 2 atom stereocenters. The monoisotopic (exact) mass is 1120 g/mol. The number of esters is 1. The van der Waals surface area contributed by atoms with Gasteiger partial charge in [-0.15, -0.1) is 0 Å². The summed E-state index contributed by atoms with van der Waals surface area (Å²) in [5.74, 6) is -0.0496. The van der Waals surface area contributed by atoms with Crippen molar-refractivity contribution < 1.29 is 24.5 Å². The van der Waals surface area contributed by atoms with Gasteiger partial charge in [0.05, 0.1) is 25.4 Å². The molecule has 0 aliphatic carbocycles. The Bertz CT molecular complexity index is 1300. The van der Waals surface area contributed by atoms with E-state index >= 15 is 0 Å². The van der Waals surface area contributed by atoms with Crippen LogP contribution in [0.3, 0.4) is 0 Å². The maximum absolute atomic E-state index is 12.5. The number of nitrogens with one attached hydrogen (secondary N) is 1. The molecule has 6 nitrogen and oxygen atoms in total. The molecule has 6 heteroatoms. The third-order valence-electron chi connectivity index (χ3n) is 16.9. The number of rotatable bonds is 68. The van der Waals surface area contributed by atoms with E-state index in [-0.39, 0.29) is 18.5 Å². The minimum Gasteiger partial charge on any atom is -0.466 e. The number of aliphatic hydroxyl groups is 2. The van der Waals surface area contributed by atoms with E-state index in [0.29, 0.717) is 19.4 Å². The van der Waals surface area contributed by atoms with Gasteiger partial charge in [0.25, 0.3) is 0 Å². The maximum Gasteiger partial charge on any atom is 0.305 e. The van der Waals surface area contributed by atoms with Crippen LogP contribution in [0.5, 0.6) is 0 Å². The molecule has 0 aromatic heterocycles. The Morgan fingerprint density at radius 2 is 0.625 bits per heavy atom. The fraction of sp³-hybridized carbons (Fsp3) is 0.892. The number of carbonyl (C=O) groups excluding carboxylic acids is 2. The second kappa shape index (κ2) is 69.6. The van der Waals surface area contributed by atoms with Crippen molar-refractivity contribution in [1.29, 1.82) is 0 Å². The zero-order valence-electron chi connectivity index (χ0n) is 54.1. The molecule has 0 aromatic rings. The largest absolute Gasteiger partial charge is 0.466 e. The lowest BCUT2D eigenvalue weighted by Gasteiger charge is -2.20. The highest BCUT2D eigenvalue weighted by Crippen LogP contribution is 2.19. The van der Waals surface area contributed by atoms with Crippen molar-refractivity contribution in [3.05, 3.63) is 36.5 Å². The quantitative estimate of drug-likeness (QED) is 0.0320. The van der Waals surface area contributed by atoms with Gasteiger partial charge in [-0.05, 0) is 64.2 Å². The Morgan fingerprint density at radius 3 is 0.963 bits per heavy atom. The molecule has 472 valence electrons. The molecule has 0 saturated carbocycles. The number of ether oxygens (including phenoxy) is 1. The van der Waals surface area contributed by atoms with Crippen LogP contribution in [-0.4, -0.2) is 47.4 Å². The molecule has 0 spiro atoms. The number of aliphatic hydroxyl groups excluding tert-OH is 2. The first-order chi connectivity index (χ1) is 39.5. The SMILES string of the molecule is CCCCCC/C=C\C/C=C\CCCCCCCCCC(=O)OCCCCCCCCCCCCCCCCCCCCCCCCCCCCCCCC(=O)NC(CO)C(O)/C=C/CCCCCCCCCCCCCCCC. The average molecular weight is 1120 g/mol. The normalized spacial score (nSPS) is 12.7. The second-order valence-corrected chi connectivity index (χ2v) is 24.9. The van der Waals surface area contributed by atoms with E-state index in [1.807, 2.05) is 6.08 Å². The van der Waals surface area contributed by atoms with Gasteiger partial charge in [-0.3, -0.25) is 9.59 Å².